The van der Waals surface area contributed by atoms with Crippen molar-refractivity contribution < 1.29 is 16.9 Å². The lowest BCUT2D eigenvalue weighted by Crippen LogP contribution is -3.00. The molecule has 0 aliphatic rings. The molecule has 0 fully saturated rings. The second-order valence-corrected chi connectivity index (χ2v) is 4.29. The summed E-state index contributed by atoms with van der Waals surface area (Å²) in [5.41, 5.74) is 1.27. The van der Waals surface area contributed by atoms with E-state index in [1.165, 1.54) is 5.56 Å². The Kier molecular flexibility index (Phi) is 5.51. The van der Waals surface area contributed by atoms with Crippen LogP contribution in [-0.4, -0.2) is 32.2 Å². The summed E-state index contributed by atoms with van der Waals surface area (Å²) >= 11 is 0. The molecule has 0 saturated heterocycles. The summed E-state index contributed by atoms with van der Waals surface area (Å²) in [4.78, 5) is 0. The number of likely N-dealkylation sites (N-methyl/N-ethyl adjacent to an activating group) is 1. The molecule has 0 aliphatic heterocycles. The predicted octanol–water partition coefficient (Wildman–Crippen LogP) is -0.590. The van der Waals surface area contributed by atoms with Crippen LogP contribution in [0.1, 0.15) is 5.56 Å². The predicted molar refractivity (Wildman–Crippen MR) is 58.4 cm³/mol. The maximum Gasteiger partial charge on any atom is 0.0970 e. The number of benzene rings is 1. The molecule has 0 spiro atoms. The van der Waals surface area contributed by atoms with Crippen LogP contribution in [0.15, 0.2) is 36.4 Å². The van der Waals surface area contributed by atoms with Crippen LogP contribution in [0.3, 0.4) is 0 Å². The van der Waals surface area contributed by atoms with Crippen molar-refractivity contribution in [3.63, 3.8) is 0 Å². The Morgan fingerprint density at radius 2 is 1.64 bits per heavy atom. The van der Waals surface area contributed by atoms with Crippen LogP contribution >= 0.6 is 0 Å². The zero-order valence-electron chi connectivity index (χ0n) is 9.07. The van der Waals surface area contributed by atoms with Gasteiger partial charge in [-0.3, -0.25) is 0 Å². The number of nitrogens with zero attached hydrogens (tertiary/aromatic N) is 1. The molecule has 0 unspecified atom stereocenters. The van der Waals surface area contributed by atoms with Gasteiger partial charge in [-0.15, -0.1) is 0 Å². The third kappa shape index (κ3) is 5.79. The molecule has 1 rings (SSSR count). The number of rotatable bonds is 3. The van der Waals surface area contributed by atoms with Crippen molar-refractivity contribution in [2.75, 3.05) is 27.7 Å². The van der Waals surface area contributed by atoms with Crippen LogP contribution < -0.4 is 12.4 Å². The first-order valence-corrected chi connectivity index (χ1v) is 4.60. The molecule has 0 aliphatic carbocycles. The van der Waals surface area contributed by atoms with Gasteiger partial charge in [0.15, 0.2) is 0 Å². The van der Waals surface area contributed by atoms with Gasteiger partial charge in [-0.2, -0.15) is 0 Å². The summed E-state index contributed by atoms with van der Waals surface area (Å²) < 4.78 is 0.976. The van der Waals surface area contributed by atoms with E-state index in [2.05, 4.69) is 57.6 Å². The molecule has 0 aromatic heterocycles. The minimum Gasteiger partial charge on any atom is -1.00 e. The van der Waals surface area contributed by atoms with Gasteiger partial charge in [0.1, 0.15) is 0 Å². The van der Waals surface area contributed by atoms with Gasteiger partial charge in [-0.05, 0) is 11.6 Å². The third-order valence-corrected chi connectivity index (χ3v) is 1.76. The molecule has 0 radical (unpaired) electrons. The number of halogens is 1. The lowest BCUT2D eigenvalue weighted by Gasteiger charge is -2.21. The highest BCUT2D eigenvalue weighted by Crippen LogP contribution is 2.01. The summed E-state index contributed by atoms with van der Waals surface area (Å²) in [5, 5.41) is 0. The molecule has 78 valence electrons. The molecule has 0 N–H and O–H groups in total. The maximum atomic E-state index is 2.22. The monoisotopic (exact) mass is 211 g/mol. The summed E-state index contributed by atoms with van der Waals surface area (Å²) in [5.74, 6) is 0. The van der Waals surface area contributed by atoms with Gasteiger partial charge in [0.05, 0.1) is 27.7 Å². The lowest BCUT2D eigenvalue weighted by molar-refractivity contribution is -0.864. The van der Waals surface area contributed by atoms with E-state index in [1.807, 2.05) is 6.07 Å². The standard InChI is InChI=1S/C12H18N.ClH/c1-13(2,3)11-7-10-12-8-5-4-6-9-12;/h4-10H,11H2,1-3H3;1H/q+1;/p-1/b10-7+;. The van der Waals surface area contributed by atoms with Crippen LogP contribution in [0, 0.1) is 0 Å². The van der Waals surface area contributed by atoms with E-state index in [9.17, 15) is 0 Å². The molecule has 0 amide bonds. The van der Waals surface area contributed by atoms with Crippen LogP contribution in [0.4, 0.5) is 0 Å². The van der Waals surface area contributed by atoms with E-state index in [0.29, 0.717) is 0 Å². The van der Waals surface area contributed by atoms with Crippen molar-refractivity contribution in [3.8, 4) is 0 Å². The molecule has 0 saturated carbocycles. The number of quaternary nitrogens is 1. The summed E-state index contributed by atoms with van der Waals surface area (Å²) in [6, 6.07) is 10.4. The van der Waals surface area contributed by atoms with Crippen molar-refractivity contribution in [1.82, 2.24) is 0 Å². The fourth-order valence-electron chi connectivity index (χ4n) is 1.07. The van der Waals surface area contributed by atoms with Crippen molar-refractivity contribution in [1.29, 1.82) is 0 Å². The Morgan fingerprint density at radius 1 is 1.07 bits per heavy atom. The second-order valence-electron chi connectivity index (χ2n) is 4.29. The highest BCUT2D eigenvalue weighted by molar-refractivity contribution is 5.48. The third-order valence-electron chi connectivity index (χ3n) is 1.76. The van der Waals surface area contributed by atoms with Gasteiger partial charge in [-0.1, -0.05) is 36.4 Å². The molecule has 14 heavy (non-hydrogen) atoms. The van der Waals surface area contributed by atoms with Crippen molar-refractivity contribution in [2.45, 2.75) is 0 Å². The van der Waals surface area contributed by atoms with Gasteiger partial charge in [-0.25, -0.2) is 0 Å². The summed E-state index contributed by atoms with van der Waals surface area (Å²) in [6.45, 7) is 1.06. The maximum absolute atomic E-state index is 2.22. The van der Waals surface area contributed by atoms with E-state index in [1.54, 1.807) is 0 Å². The minimum atomic E-state index is 0. The molecule has 1 nitrogen and oxygen atoms in total. The molecule has 1 aromatic carbocycles. The van der Waals surface area contributed by atoms with Crippen LogP contribution in [0.2, 0.25) is 0 Å². The normalized spacial score (nSPS) is 11.4. The first kappa shape index (κ1) is 13.2. The van der Waals surface area contributed by atoms with Crippen molar-refractivity contribution in [3.05, 3.63) is 42.0 Å². The van der Waals surface area contributed by atoms with Gasteiger partial charge in [0.25, 0.3) is 0 Å². The molecular formula is C12H18ClN. The molecule has 2 heteroatoms. The van der Waals surface area contributed by atoms with Gasteiger partial charge in [0, 0.05) is 0 Å². The van der Waals surface area contributed by atoms with Crippen LogP contribution in [0.5, 0.6) is 0 Å². The largest absolute Gasteiger partial charge is 1.00 e. The van der Waals surface area contributed by atoms with E-state index >= 15 is 0 Å². The molecule has 0 atom stereocenters. The average molecular weight is 212 g/mol. The van der Waals surface area contributed by atoms with E-state index < -0.39 is 0 Å². The Labute approximate surface area is 93.1 Å². The molecular weight excluding hydrogens is 194 g/mol. The zero-order valence-corrected chi connectivity index (χ0v) is 9.83. The summed E-state index contributed by atoms with van der Waals surface area (Å²) in [7, 11) is 6.57. The Morgan fingerprint density at radius 3 is 2.14 bits per heavy atom. The highest BCUT2D eigenvalue weighted by atomic mass is 35.5. The molecule has 1 aromatic rings. The second kappa shape index (κ2) is 5.84. The smallest absolute Gasteiger partial charge is 0.0970 e. The quantitative estimate of drug-likeness (QED) is 0.587. The topological polar surface area (TPSA) is 0 Å². The lowest BCUT2D eigenvalue weighted by atomic mass is 10.2. The fourth-order valence-corrected chi connectivity index (χ4v) is 1.07. The van der Waals surface area contributed by atoms with Crippen LogP contribution in [0.25, 0.3) is 6.08 Å². The fraction of sp³-hybridized carbons (Fsp3) is 0.333. The summed E-state index contributed by atoms with van der Waals surface area (Å²) in [6.07, 6.45) is 4.39. The molecule has 0 heterocycles. The van der Waals surface area contributed by atoms with E-state index in [0.717, 1.165) is 11.0 Å². The Bertz CT molecular complexity index is 272. The van der Waals surface area contributed by atoms with Gasteiger partial charge < -0.3 is 16.9 Å². The number of hydrogen-bond donors (Lipinski definition) is 0. The minimum absolute atomic E-state index is 0. The SMILES string of the molecule is C[N+](C)(C)C/C=C/c1ccccc1.[Cl-]. The first-order valence-electron chi connectivity index (χ1n) is 4.60. The van der Waals surface area contributed by atoms with Crippen LogP contribution in [-0.2, 0) is 0 Å². The average Bonchev–Trinajstić information content (AvgIpc) is 2.04. The Balaban J connectivity index is 0.00000169. The van der Waals surface area contributed by atoms with Gasteiger partial charge in [0.2, 0.25) is 0 Å². The zero-order chi connectivity index (χ0) is 9.73. The number of hydrogen-bond acceptors (Lipinski definition) is 0. The highest BCUT2D eigenvalue weighted by Gasteiger charge is 2.01. The van der Waals surface area contributed by atoms with Crippen molar-refractivity contribution >= 4 is 6.08 Å². The van der Waals surface area contributed by atoms with E-state index in [-0.39, 0.29) is 12.4 Å². The van der Waals surface area contributed by atoms with Gasteiger partial charge >= 0.3 is 0 Å². The Hall–Kier alpha value is -0.790. The van der Waals surface area contributed by atoms with Crippen molar-refractivity contribution in [2.24, 2.45) is 0 Å². The first-order chi connectivity index (χ1) is 6.08. The van der Waals surface area contributed by atoms with E-state index in [4.69, 9.17) is 0 Å². The molecule has 0 bridgehead atoms.